The summed E-state index contributed by atoms with van der Waals surface area (Å²) in [6.45, 7) is 0. The molecule has 25 heavy (non-hydrogen) atoms. The Balaban J connectivity index is 2.01. The summed E-state index contributed by atoms with van der Waals surface area (Å²) in [6.07, 6.45) is 1.34. The van der Waals surface area contributed by atoms with E-state index in [-0.39, 0.29) is 0 Å². The van der Waals surface area contributed by atoms with Crippen molar-refractivity contribution in [2.24, 2.45) is 0 Å². The average Bonchev–Trinajstić information content (AvgIpc) is 2.72. The molecule has 0 nitrogen and oxygen atoms in total. The Hall–Kier alpha value is -1.10. The molecule has 0 aliphatic carbocycles. The molecule has 1 aliphatic heterocycles. The maximum absolute atomic E-state index is 2.79. The molecule has 0 unspecified atom stereocenters. The minimum absolute atomic E-state index is 0.668. The summed E-state index contributed by atoms with van der Waals surface area (Å²) in [7, 11) is 0. The van der Waals surface area contributed by atoms with Crippen LogP contribution in [0.2, 0.25) is 0 Å². The summed E-state index contributed by atoms with van der Waals surface area (Å²) in [5.74, 6) is 2.58. The van der Waals surface area contributed by atoms with Crippen LogP contribution in [0.1, 0.15) is 6.42 Å². The van der Waals surface area contributed by atoms with Crippen LogP contribution in [-0.4, -0.2) is 28.2 Å². The quantitative estimate of drug-likeness (QED) is 0.585. The van der Waals surface area contributed by atoms with Crippen LogP contribution < -0.4 is 13.2 Å². The third-order valence-corrected chi connectivity index (χ3v) is 22.4. The van der Waals surface area contributed by atoms with E-state index in [1.54, 1.807) is 13.2 Å². The number of thioether (sulfide) groups is 2. The zero-order chi connectivity index (χ0) is 17.0. The topological polar surface area (TPSA) is 0 Å². The number of rotatable bonds is 4. The molecule has 0 N–H and O–H groups in total. The minimum atomic E-state index is -2.79. The first-order valence-corrected chi connectivity index (χ1v) is 15.3. The number of benzene rings is 3. The second-order valence-electron chi connectivity index (χ2n) is 6.33. The normalized spacial score (nSPS) is 15.8. The Kier molecular flexibility index (Phi) is 5.59. The molecule has 3 aromatic rings. The Morgan fingerprint density at radius 3 is 1.28 bits per heavy atom. The van der Waals surface area contributed by atoms with Gasteiger partial charge in [0, 0.05) is 0 Å². The van der Waals surface area contributed by atoms with Crippen molar-refractivity contribution in [2.75, 3.05) is 11.5 Å². The van der Waals surface area contributed by atoms with E-state index in [1.165, 1.54) is 17.9 Å². The molecule has 126 valence electrons. The third-order valence-electron chi connectivity index (χ3n) is 4.87. The molecule has 0 atom stereocenters. The summed E-state index contributed by atoms with van der Waals surface area (Å²) in [6, 6.07) is 34.1. The first kappa shape index (κ1) is 17.3. The summed E-state index contributed by atoms with van der Waals surface area (Å²) in [5, 5.41) is 0. The van der Waals surface area contributed by atoms with Crippen LogP contribution in [-0.2, 0) is 0 Å². The van der Waals surface area contributed by atoms with Gasteiger partial charge in [0.1, 0.15) is 0 Å². The van der Waals surface area contributed by atoms with Crippen molar-refractivity contribution in [3.05, 3.63) is 91.0 Å². The molecule has 0 saturated carbocycles. The second-order valence-corrected chi connectivity index (χ2v) is 19.0. The molecular weight excluding hydrogens is 401 g/mol. The SMILES string of the molecule is c1cc[c]([Ge]([c]2ccccc2)([c]2ccccc2)[CH]2SCCCS2)cc1. The van der Waals surface area contributed by atoms with Crippen molar-refractivity contribution in [1.82, 2.24) is 0 Å². The van der Waals surface area contributed by atoms with Crippen LogP contribution in [0.3, 0.4) is 0 Å². The number of hydrogen-bond acceptors (Lipinski definition) is 2. The predicted molar refractivity (Wildman–Crippen MR) is 117 cm³/mol. The number of hydrogen-bond donors (Lipinski definition) is 0. The fraction of sp³-hybridized carbons (Fsp3) is 0.182. The van der Waals surface area contributed by atoms with E-state index in [0.29, 0.717) is 3.41 Å². The molecule has 1 saturated heterocycles. The molecule has 1 fully saturated rings. The Labute approximate surface area is 161 Å². The first-order chi connectivity index (χ1) is 12.4. The van der Waals surface area contributed by atoms with Crippen molar-refractivity contribution in [3.63, 3.8) is 0 Å². The van der Waals surface area contributed by atoms with Crippen LogP contribution in [0.4, 0.5) is 0 Å². The van der Waals surface area contributed by atoms with Crippen LogP contribution in [0.15, 0.2) is 91.0 Å². The van der Waals surface area contributed by atoms with Crippen LogP contribution in [0, 0.1) is 0 Å². The standard InChI is InChI=1S/C22H22GeS2/c1-4-11-19(12-5-1)23(20-13-6-2-7-14-20,21-15-8-3-9-16-21)22-24-17-10-18-25-22/h1-9,11-16,22H,10,17-18H2. The van der Waals surface area contributed by atoms with Gasteiger partial charge in [-0.25, -0.2) is 0 Å². The molecule has 0 aromatic heterocycles. The summed E-state index contributed by atoms with van der Waals surface area (Å²) >= 11 is 1.61. The van der Waals surface area contributed by atoms with Crippen molar-refractivity contribution in [1.29, 1.82) is 0 Å². The molecular formula is C22H22GeS2. The van der Waals surface area contributed by atoms with E-state index in [1.807, 2.05) is 0 Å². The fourth-order valence-corrected chi connectivity index (χ4v) is 23.6. The molecule has 0 radical (unpaired) electrons. The molecule has 0 spiro atoms. The summed E-state index contributed by atoms with van der Waals surface area (Å²) in [4.78, 5) is 0. The van der Waals surface area contributed by atoms with Gasteiger partial charge in [-0.05, 0) is 0 Å². The maximum atomic E-state index is 2.38. The summed E-state index contributed by atoms with van der Waals surface area (Å²) < 4.78 is 5.39. The Bertz CT molecular complexity index is 687. The van der Waals surface area contributed by atoms with Crippen molar-refractivity contribution in [2.45, 2.75) is 9.84 Å². The van der Waals surface area contributed by atoms with Crippen LogP contribution in [0.25, 0.3) is 0 Å². The van der Waals surface area contributed by atoms with Gasteiger partial charge in [0.05, 0.1) is 0 Å². The zero-order valence-electron chi connectivity index (χ0n) is 14.2. The fourth-order valence-electron chi connectivity index (χ4n) is 3.75. The van der Waals surface area contributed by atoms with E-state index < -0.39 is 13.3 Å². The average molecular weight is 423 g/mol. The predicted octanol–water partition coefficient (Wildman–Crippen LogP) is 3.89. The molecule has 0 bridgehead atoms. The van der Waals surface area contributed by atoms with E-state index in [2.05, 4.69) is 115 Å². The zero-order valence-corrected chi connectivity index (χ0v) is 17.9. The van der Waals surface area contributed by atoms with Gasteiger partial charge >= 0.3 is 162 Å². The molecule has 3 aromatic carbocycles. The van der Waals surface area contributed by atoms with Crippen molar-refractivity contribution < 1.29 is 0 Å². The van der Waals surface area contributed by atoms with Crippen molar-refractivity contribution in [3.8, 4) is 0 Å². The first-order valence-electron chi connectivity index (χ1n) is 8.82. The van der Waals surface area contributed by atoms with Gasteiger partial charge in [-0.3, -0.25) is 0 Å². The van der Waals surface area contributed by atoms with E-state index in [4.69, 9.17) is 0 Å². The van der Waals surface area contributed by atoms with Gasteiger partial charge in [-0.15, -0.1) is 0 Å². The van der Waals surface area contributed by atoms with Crippen LogP contribution in [0.5, 0.6) is 0 Å². The molecule has 0 amide bonds. The Morgan fingerprint density at radius 2 is 0.920 bits per heavy atom. The molecule has 1 aliphatic rings. The molecule has 3 heteroatoms. The van der Waals surface area contributed by atoms with Gasteiger partial charge in [0.2, 0.25) is 0 Å². The molecule has 1 heterocycles. The monoisotopic (exact) mass is 424 g/mol. The molecule has 4 rings (SSSR count). The van der Waals surface area contributed by atoms with E-state index in [9.17, 15) is 0 Å². The summed E-state index contributed by atoms with van der Waals surface area (Å²) in [5.41, 5.74) is 0. The van der Waals surface area contributed by atoms with Gasteiger partial charge in [-0.1, -0.05) is 0 Å². The van der Waals surface area contributed by atoms with Gasteiger partial charge in [0.25, 0.3) is 0 Å². The third kappa shape index (κ3) is 3.32. The van der Waals surface area contributed by atoms with Gasteiger partial charge < -0.3 is 0 Å². The van der Waals surface area contributed by atoms with E-state index in [0.717, 1.165) is 0 Å². The second kappa shape index (κ2) is 8.07. The van der Waals surface area contributed by atoms with Gasteiger partial charge in [0.15, 0.2) is 0 Å². The van der Waals surface area contributed by atoms with E-state index >= 15 is 0 Å². The van der Waals surface area contributed by atoms with Gasteiger partial charge in [-0.2, -0.15) is 0 Å². The van der Waals surface area contributed by atoms with Crippen LogP contribution >= 0.6 is 23.5 Å². The Morgan fingerprint density at radius 1 is 0.560 bits per heavy atom. The van der Waals surface area contributed by atoms with Crippen molar-refractivity contribution >= 4 is 50.0 Å².